The van der Waals surface area contributed by atoms with Crippen LogP contribution in [0.3, 0.4) is 0 Å². The predicted octanol–water partition coefficient (Wildman–Crippen LogP) is 1.35. The Hall–Kier alpha value is -0.130. The standard InChI is InChI=1S/C12H23NO3S/c1-9(2)17(15,16)13-8-4-6-11(13)10-5-3-7-12(10)14/h9-12,14H,3-8H2,1-2H3. The fourth-order valence-electron chi connectivity index (χ4n) is 3.20. The van der Waals surface area contributed by atoms with Crippen LogP contribution in [0.1, 0.15) is 46.0 Å². The molecule has 17 heavy (non-hydrogen) atoms. The normalized spacial score (nSPS) is 35.9. The van der Waals surface area contributed by atoms with Crippen LogP contribution in [0.5, 0.6) is 0 Å². The summed E-state index contributed by atoms with van der Waals surface area (Å²) in [5.41, 5.74) is 0. The van der Waals surface area contributed by atoms with Gasteiger partial charge in [0, 0.05) is 18.5 Å². The number of sulfonamides is 1. The molecule has 4 nitrogen and oxygen atoms in total. The quantitative estimate of drug-likeness (QED) is 0.834. The van der Waals surface area contributed by atoms with E-state index >= 15 is 0 Å². The van der Waals surface area contributed by atoms with Crippen LogP contribution in [0.4, 0.5) is 0 Å². The lowest BCUT2D eigenvalue weighted by atomic mass is 9.95. The van der Waals surface area contributed by atoms with Crippen LogP contribution in [-0.2, 0) is 10.0 Å². The smallest absolute Gasteiger partial charge is 0.216 e. The molecule has 1 heterocycles. The van der Waals surface area contributed by atoms with Gasteiger partial charge in [0.25, 0.3) is 0 Å². The molecule has 0 radical (unpaired) electrons. The van der Waals surface area contributed by atoms with Crippen LogP contribution in [0.15, 0.2) is 0 Å². The Morgan fingerprint density at radius 1 is 1.18 bits per heavy atom. The number of hydrogen-bond acceptors (Lipinski definition) is 3. The van der Waals surface area contributed by atoms with Gasteiger partial charge in [0.15, 0.2) is 0 Å². The highest BCUT2D eigenvalue weighted by atomic mass is 32.2. The minimum Gasteiger partial charge on any atom is -0.393 e. The van der Waals surface area contributed by atoms with Gasteiger partial charge in [-0.15, -0.1) is 0 Å². The molecule has 3 unspecified atom stereocenters. The van der Waals surface area contributed by atoms with Crippen molar-refractivity contribution in [2.75, 3.05) is 6.54 Å². The van der Waals surface area contributed by atoms with Gasteiger partial charge in [-0.1, -0.05) is 6.42 Å². The fraction of sp³-hybridized carbons (Fsp3) is 1.00. The van der Waals surface area contributed by atoms with E-state index in [9.17, 15) is 13.5 Å². The molecule has 0 amide bonds. The van der Waals surface area contributed by atoms with E-state index < -0.39 is 10.0 Å². The molecule has 0 spiro atoms. The van der Waals surface area contributed by atoms with E-state index in [2.05, 4.69) is 0 Å². The van der Waals surface area contributed by atoms with Crippen LogP contribution in [0, 0.1) is 5.92 Å². The summed E-state index contributed by atoms with van der Waals surface area (Å²) < 4.78 is 26.2. The van der Waals surface area contributed by atoms with Crippen LogP contribution in [-0.4, -0.2) is 41.8 Å². The minimum absolute atomic E-state index is 0.0416. The highest BCUT2D eigenvalue weighted by Crippen LogP contribution is 2.37. The molecule has 1 saturated heterocycles. The molecule has 1 saturated carbocycles. The molecule has 3 atom stereocenters. The molecule has 1 aliphatic carbocycles. The molecule has 0 aromatic carbocycles. The van der Waals surface area contributed by atoms with Crippen LogP contribution >= 0.6 is 0 Å². The van der Waals surface area contributed by atoms with Crippen molar-refractivity contribution in [1.82, 2.24) is 4.31 Å². The van der Waals surface area contributed by atoms with Crippen molar-refractivity contribution in [3.63, 3.8) is 0 Å². The van der Waals surface area contributed by atoms with Crippen LogP contribution in [0.2, 0.25) is 0 Å². The summed E-state index contributed by atoms with van der Waals surface area (Å²) in [5.74, 6) is 0.158. The zero-order valence-electron chi connectivity index (χ0n) is 10.7. The van der Waals surface area contributed by atoms with E-state index in [1.165, 1.54) is 0 Å². The summed E-state index contributed by atoms with van der Waals surface area (Å²) in [6, 6.07) is 0.0416. The summed E-state index contributed by atoms with van der Waals surface area (Å²) in [6.07, 6.45) is 4.36. The lowest BCUT2D eigenvalue weighted by Gasteiger charge is -2.31. The second-order valence-corrected chi connectivity index (χ2v) is 8.02. The number of aliphatic hydroxyl groups is 1. The van der Waals surface area contributed by atoms with Crippen LogP contribution in [0.25, 0.3) is 0 Å². The van der Waals surface area contributed by atoms with Gasteiger partial charge in [0.1, 0.15) is 0 Å². The summed E-state index contributed by atoms with van der Waals surface area (Å²) in [5, 5.41) is 9.59. The summed E-state index contributed by atoms with van der Waals surface area (Å²) >= 11 is 0. The van der Waals surface area contributed by atoms with Crippen molar-refractivity contribution in [3.8, 4) is 0 Å². The molecule has 0 aromatic rings. The molecule has 0 aromatic heterocycles. The van der Waals surface area contributed by atoms with E-state index in [4.69, 9.17) is 0 Å². The van der Waals surface area contributed by atoms with Gasteiger partial charge in [-0.25, -0.2) is 8.42 Å². The Balaban J connectivity index is 2.18. The van der Waals surface area contributed by atoms with Crippen molar-refractivity contribution >= 4 is 10.0 Å². The van der Waals surface area contributed by atoms with Gasteiger partial charge in [-0.05, 0) is 39.5 Å². The summed E-state index contributed by atoms with van der Waals surface area (Å²) in [4.78, 5) is 0. The highest BCUT2D eigenvalue weighted by molar-refractivity contribution is 7.89. The van der Waals surface area contributed by atoms with Gasteiger partial charge in [-0.3, -0.25) is 0 Å². The number of nitrogens with zero attached hydrogens (tertiary/aromatic N) is 1. The number of aliphatic hydroxyl groups excluding tert-OH is 1. The molecule has 2 fully saturated rings. The highest BCUT2D eigenvalue weighted by Gasteiger charge is 2.43. The topological polar surface area (TPSA) is 57.6 Å². The second-order valence-electron chi connectivity index (χ2n) is 5.58. The second kappa shape index (κ2) is 4.86. The minimum atomic E-state index is -3.16. The molecule has 2 rings (SSSR count). The number of rotatable bonds is 3. The predicted molar refractivity (Wildman–Crippen MR) is 67.1 cm³/mol. The summed E-state index contributed by atoms with van der Waals surface area (Å²) in [7, 11) is -3.16. The lowest BCUT2D eigenvalue weighted by Crippen LogP contribution is -2.45. The van der Waals surface area contributed by atoms with Gasteiger partial charge >= 0.3 is 0 Å². The fourth-order valence-corrected chi connectivity index (χ4v) is 4.76. The van der Waals surface area contributed by atoms with E-state index in [1.807, 2.05) is 0 Å². The Kier molecular flexibility index (Phi) is 3.80. The SMILES string of the molecule is CC(C)S(=O)(=O)N1CCCC1C1CCCC1O. The Bertz CT molecular complexity index is 366. The van der Waals surface area contributed by atoms with Gasteiger partial charge < -0.3 is 5.11 Å². The monoisotopic (exact) mass is 261 g/mol. The summed E-state index contributed by atoms with van der Waals surface area (Å²) in [6.45, 7) is 4.10. The zero-order chi connectivity index (χ0) is 12.6. The first-order valence-electron chi connectivity index (χ1n) is 6.63. The lowest BCUT2D eigenvalue weighted by molar-refractivity contribution is 0.0973. The third kappa shape index (κ3) is 2.37. The average Bonchev–Trinajstić information content (AvgIpc) is 2.84. The third-order valence-electron chi connectivity index (χ3n) is 4.20. The maximum absolute atomic E-state index is 12.3. The van der Waals surface area contributed by atoms with Crippen LogP contribution < -0.4 is 0 Å². The maximum Gasteiger partial charge on any atom is 0.216 e. The molecule has 100 valence electrons. The van der Waals surface area contributed by atoms with Gasteiger partial charge in [0.05, 0.1) is 11.4 Å². The maximum atomic E-state index is 12.3. The number of hydrogen-bond donors (Lipinski definition) is 1. The first kappa shape index (κ1) is 13.3. The molecular formula is C12H23NO3S. The first-order chi connectivity index (χ1) is 7.94. The Morgan fingerprint density at radius 2 is 1.88 bits per heavy atom. The van der Waals surface area contributed by atoms with Crippen molar-refractivity contribution < 1.29 is 13.5 Å². The van der Waals surface area contributed by atoms with Crippen molar-refractivity contribution in [1.29, 1.82) is 0 Å². The molecule has 1 aliphatic heterocycles. The van der Waals surface area contributed by atoms with Crippen molar-refractivity contribution in [3.05, 3.63) is 0 Å². The van der Waals surface area contributed by atoms with E-state index in [-0.39, 0.29) is 23.3 Å². The Morgan fingerprint density at radius 3 is 2.41 bits per heavy atom. The first-order valence-corrected chi connectivity index (χ1v) is 8.13. The molecular weight excluding hydrogens is 238 g/mol. The van der Waals surface area contributed by atoms with Crippen molar-refractivity contribution in [2.24, 2.45) is 5.92 Å². The van der Waals surface area contributed by atoms with E-state index in [1.54, 1.807) is 18.2 Å². The zero-order valence-corrected chi connectivity index (χ0v) is 11.5. The van der Waals surface area contributed by atoms with Gasteiger partial charge in [-0.2, -0.15) is 4.31 Å². The molecule has 2 aliphatic rings. The van der Waals surface area contributed by atoms with Gasteiger partial charge in [0.2, 0.25) is 10.0 Å². The van der Waals surface area contributed by atoms with E-state index in [0.717, 1.165) is 32.1 Å². The largest absolute Gasteiger partial charge is 0.393 e. The average molecular weight is 261 g/mol. The molecule has 1 N–H and O–H groups in total. The van der Waals surface area contributed by atoms with Crippen molar-refractivity contribution in [2.45, 2.75) is 63.3 Å². The molecule has 5 heteroatoms. The molecule has 0 bridgehead atoms. The Labute approximate surface area is 104 Å². The van der Waals surface area contributed by atoms with E-state index in [0.29, 0.717) is 6.54 Å². The third-order valence-corrected chi connectivity index (χ3v) is 6.50.